The molecule has 0 spiro atoms. The maximum absolute atomic E-state index is 12.7. The quantitative estimate of drug-likeness (QED) is 0.700. The van der Waals surface area contributed by atoms with Crippen molar-refractivity contribution in [2.24, 2.45) is 0 Å². The smallest absolute Gasteiger partial charge is 0.222 e. The van der Waals surface area contributed by atoms with Crippen molar-refractivity contribution in [1.29, 1.82) is 0 Å². The Kier molecular flexibility index (Phi) is 6.14. The minimum atomic E-state index is -3.08. The summed E-state index contributed by atoms with van der Waals surface area (Å²) < 4.78 is 29.5. The Morgan fingerprint density at radius 2 is 2.12 bits per heavy atom. The van der Waals surface area contributed by atoms with E-state index in [0.717, 1.165) is 19.4 Å². The molecule has 0 aliphatic carbocycles. The van der Waals surface area contributed by atoms with Gasteiger partial charge in [-0.3, -0.25) is 9.69 Å². The molecule has 2 aliphatic rings. The van der Waals surface area contributed by atoms with Gasteiger partial charge in [0.1, 0.15) is 0 Å². The number of hydrogen-bond donors (Lipinski definition) is 0. The third-order valence-electron chi connectivity index (χ3n) is 5.09. The first-order valence-corrected chi connectivity index (χ1v) is 11.5. The number of rotatable bonds is 7. The van der Waals surface area contributed by atoms with Gasteiger partial charge in [0.05, 0.1) is 24.2 Å². The molecule has 1 amide bonds. The molecule has 6 nitrogen and oxygen atoms in total. The highest BCUT2D eigenvalue weighted by Crippen LogP contribution is 2.27. The molecule has 0 unspecified atom stereocenters. The number of aryl methyl sites for hydroxylation is 1. The van der Waals surface area contributed by atoms with Crippen molar-refractivity contribution in [2.45, 2.75) is 31.3 Å². The van der Waals surface area contributed by atoms with Crippen LogP contribution >= 0.6 is 11.3 Å². The molecule has 3 rings (SSSR count). The van der Waals surface area contributed by atoms with Gasteiger partial charge in [0, 0.05) is 44.1 Å². The lowest BCUT2D eigenvalue weighted by Crippen LogP contribution is -2.61. The lowest BCUT2D eigenvalue weighted by molar-refractivity contribution is -0.137. The first-order chi connectivity index (χ1) is 12.0. The molecule has 2 fully saturated rings. The van der Waals surface area contributed by atoms with E-state index in [-0.39, 0.29) is 29.5 Å². The zero-order chi connectivity index (χ0) is 17.9. The van der Waals surface area contributed by atoms with Crippen molar-refractivity contribution in [3.63, 3.8) is 0 Å². The predicted molar refractivity (Wildman–Crippen MR) is 98.6 cm³/mol. The van der Waals surface area contributed by atoms with Crippen LogP contribution in [-0.2, 0) is 25.8 Å². The minimum absolute atomic E-state index is 0.0878. The maximum Gasteiger partial charge on any atom is 0.222 e. The fourth-order valence-electron chi connectivity index (χ4n) is 3.83. The number of nitrogens with zero attached hydrogens (tertiary/aromatic N) is 2. The van der Waals surface area contributed by atoms with Gasteiger partial charge in [0.2, 0.25) is 5.91 Å². The number of thiophene rings is 1. The molecule has 2 aliphatic heterocycles. The second-order valence-corrected chi connectivity index (χ2v) is 9.95. The van der Waals surface area contributed by atoms with Crippen LogP contribution in [0.5, 0.6) is 0 Å². The third kappa shape index (κ3) is 4.61. The molecule has 0 N–H and O–H groups in total. The van der Waals surface area contributed by atoms with Crippen LogP contribution in [0.25, 0.3) is 0 Å². The fraction of sp³-hybridized carbons (Fsp3) is 0.706. The minimum Gasteiger partial charge on any atom is -0.383 e. The molecular weight excluding hydrogens is 360 g/mol. The average Bonchev–Trinajstić information content (AvgIpc) is 3.18. The highest BCUT2D eigenvalue weighted by Gasteiger charge is 2.47. The molecule has 2 saturated heterocycles. The van der Waals surface area contributed by atoms with E-state index in [1.54, 1.807) is 18.4 Å². The summed E-state index contributed by atoms with van der Waals surface area (Å²) in [6.07, 6.45) is 2.20. The molecule has 1 aromatic heterocycles. The Bertz CT molecular complexity index is 675. The molecule has 140 valence electrons. The molecule has 0 radical (unpaired) electrons. The number of ether oxygens (including phenoxy) is 1. The highest BCUT2D eigenvalue weighted by molar-refractivity contribution is 7.91. The van der Waals surface area contributed by atoms with E-state index >= 15 is 0 Å². The van der Waals surface area contributed by atoms with Crippen LogP contribution in [0.3, 0.4) is 0 Å². The standard InChI is InChI=1S/C17H26N2O4S2/c1-23-10-9-18-7-8-19(16-13-25(21,22)12-15(16)18)17(20)6-2-4-14-5-3-11-24-14/h3,5,11,15-16H,2,4,6-10,12-13H2,1H3/t15-,16+/m0/s1. The summed E-state index contributed by atoms with van der Waals surface area (Å²) in [7, 11) is -1.43. The van der Waals surface area contributed by atoms with Gasteiger partial charge in [0.25, 0.3) is 0 Å². The van der Waals surface area contributed by atoms with Crippen LogP contribution < -0.4 is 0 Å². The molecule has 2 atom stereocenters. The lowest BCUT2D eigenvalue weighted by atomic mass is 10.0. The number of piperazine rings is 1. The van der Waals surface area contributed by atoms with E-state index in [4.69, 9.17) is 4.74 Å². The van der Waals surface area contributed by atoms with E-state index in [9.17, 15) is 13.2 Å². The Morgan fingerprint density at radius 1 is 1.32 bits per heavy atom. The van der Waals surface area contributed by atoms with Gasteiger partial charge in [0.15, 0.2) is 9.84 Å². The number of carbonyl (C=O) groups is 1. The number of methoxy groups -OCH3 is 1. The first-order valence-electron chi connectivity index (χ1n) is 8.75. The zero-order valence-electron chi connectivity index (χ0n) is 14.6. The Balaban J connectivity index is 1.60. The van der Waals surface area contributed by atoms with E-state index in [0.29, 0.717) is 26.1 Å². The molecule has 25 heavy (non-hydrogen) atoms. The number of hydrogen-bond acceptors (Lipinski definition) is 6. The van der Waals surface area contributed by atoms with Crippen LogP contribution in [0, 0.1) is 0 Å². The molecule has 0 aromatic carbocycles. The largest absolute Gasteiger partial charge is 0.383 e. The van der Waals surface area contributed by atoms with Gasteiger partial charge in [-0.25, -0.2) is 8.42 Å². The van der Waals surface area contributed by atoms with Crippen LogP contribution in [-0.4, -0.2) is 81.1 Å². The normalized spacial score (nSPS) is 25.9. The SMILES string of the molecule is COCCN1CCN(C(=O)CCCc2cccs2)[C@@H]2CS(=O)(=O)C[C@@H]21. The van der Waals surface area contributed by atoms with Crippen LogP contribution in [0.2, 0.25) is 0 Å². The highest BCUT2D eigenvalue weighted by atomic mass is 32.2. The van der Waals surface area contributed by atoms with Crippen LogP contribution in [0.15, 0.2) is 17.5 Å². The molecule has 0 bridgehead atoms. The van der Waals surface area contributed by atoms with Gasteiger partial charge < -0.3 is 9.64 Å². The van der Waals surface area contributed by atoms with Crippen molar-refractivity contribution < 1.29 is 17.9 Å². The van der Waals surface area contributed by atoms with E-state index in [1.165, 1.54) is 4.88 Å². The maximum atomic E-state index is 12.7. The summed E-state index contributed by atoms with van der Waals surface area (Å²) in [6, 6.07) is 3.82. The predicted octanol–water partition coefficient (Wildman–Crippen LogP) is 1.03. The Labute approximate surface area is 153 Å². The zero-order valence-corrected chi connectivity index (χ0v) is 16.2. The number of fused-ring (bicyclic) bond motifs is 1. The molecular formula is C17H26N2O4S2. The summed E-state index contributed by atoms with van der Waals surface area (Å²) in [5.74, 6) is 0.341. The summed E-state index contributed by atoms with van der Waals surface area (Å²) in [5.41, 5.74) is 0. The van der Waals surface area contributed by atoms with Crippen LogP contribution in [0.1, 0.15) is 17.7 Å². The Hall–Kier alpha value is -0.960. The van der Waals surface area contributed by atoms with Gasteiger partial charge in [-0.1, -0.05) is 6.07 Å². The van der Waals surface area contributed by atoms with Gasteiger partial charge in [-0.05, 0) is 24.3 Å². The summed E-state index contributed by atoms with van der Waals surface area (Å²) in [4.78, 5) is 18.0. The summed E-state index contributed by atoms with van der Waals surface area (Å²) in [6.45, 7) is 2.63. The van der Waals surface area contributed by atoms with E-state index in [1.807, 2.05) is 16.3 Å². The summed E-state index contributed by atoms with van der Waals surface area (Å²) in [5, 5.41) is 2.05. The van der Waals surface area contributed by atoms with Crippen molar-refractivity contribution in [2.75, 3.05) is 44.9 Å². The number of sulfone groups is 1. The molecule has 8 heteroatoms. The summed E-state index contributed by atoms with van der Waals surface area (Å²) >= 11 is 1.71. The Morgan fingerprint density at radius 3 is 2.84 bits per heavy atom. The molecule has 3 heterocycles. The van der Waals surface area contributed by atoms with Crippen molar-refractivity contribution in [3.05, 3.63) is 22.4 Å². The second kappa shape index (κ2) is 8.16. The average molecular weight is 387 g/mol. The van der Waals surface area contributed by atoms with Gasteiger partial charge in [-0.2, -0.15) is 0 Å². The number of amides is 1. The fourth-order valence-corrected chi connectivity index (χ4v) is 6.60. The van der Waals surface area contributed by atoms with E-state index in [2.05, 4.69) is 11.0 Å². The van der Waals surface area contributed by atoms with Gasteiger partial charge in [-0.15, -0.1) is 11.3 Å². The number of carbonyl (C=O) groups excluding carboxylic acids is 1. The third-order valence-corrected chi connectivity index (χ3v) is 7.72. The lowest BCUT2D eigenvalue weighted by Gasteiger charge is -2.44. The van der Waals surface area contributed by atoms with Gasteiger partial charge >= 0.3 is 0 Å². The van der Waals surface area contributed by atoms with Crippen molar-refractivity contribution in [1.82, 2.24) is 9.80 Å². The van der Waals surface area contributed by atoms with Crippen molar-refractivity contribution >= 4 is 27.1 Å². The topological polar surface area (TPSA) is 66.9 Å². The monoisotopic (exact) mass is 386 g/mol. The van der Waals surface area contributed by atoms with Crippen LogP contribution in [0.4, 0.5) is 0 Å². The molecule has 0 saturated carbocycles. The first kappa shape index (κ1) is 18.8. The second-order valence-electron chi connectivity index (χ2n) is 6.76. The van der Waals surface area contributed by atoms with E-state index < -0.39 is 9.84 Å². The van der Waals surface area contributed by atoms with Crippen molar-refractivity contribution in [3.8, 4) is 0 Å². The molecule has 1 aromatic rings.